The van der Waals surface area contributed by atoms with E-state index in [2.05, 4.69) is 35.0 Å². The van der Waals surface area contributed by atoms with Crippen molar-refractivity contribution < 1.29 is 4.79 Å². The summed E-state index contributed by atoms with van der Waals surface area (Å²) < 4.78 is 0. The number of imidazole rings is 1. The fourth-order valence-electron chi connectivity index (χ4n) is 4.39. The van der Waals surface area contributed by atoms with Crippen LogP contribution in [0.15, 0.2) is 24.3 Å². The molecule has 1 saturated heterocycles. The Balaban J connectivity index is 1.52. The normalized spacial score (nSPS) is 27.3. The number of carbonyl (C=O) groups excluding carboxylic acids is 1. The van der Waals surface area contributed by atoms with Crippen molar-refractivity contribution >= 4 is 16.9 Å². The Morgan fingerprint density at radius 2 is 1.96 bits per heavy atom. The molecular weight excluding hydrogens is 326 g/mol. The van der Waals surface area contributed by atoms with Gasteiger partial charge in [0.25, 0.3) is 0 Å². The van der Waals surface area contributed by atoms with E-state index in [4.69, 9.17) is 4.98 Å². The van der Waals surface area contributed by atoms with Crippen molar-refractivity contribution in [3.05, 3.63) is 30.1 Å². The number of para-hydroxylation sites is 2. The second-order valence-corrected chi connectivity index (χ2v) is 8.04. The molecule has 4 atom stereocenters. The van der Waals surface area contributed by atoms with E-state index in [1.54, 1.807) is 0 Å². The van der Waals surface area contributed by atoms with Gasteiger partial charge in [-0.05, 0) is 30.9 Å². The van der Waals surface area contributed by atoms with Crippen LogP contribution in [0.3, 0.4) is 0 Å². The van der Waals surface area contributed by atoms with Crippen molar-refractivity contribution in [2.45, 2.75) is 64.1 Å². The molecule has 0 bridgehead atoms. The Hall–Kier alpha value is -1.92. The smallest absolute Gasteiger partial charge is 0.239 e. The molecule has 4 N–H and O–H groups in total. The molecule has 0 radical (unpaired) electrons. The third kappa shape index (κ3) is 3.35. The van der Waals surface area contributed by atoms with Crippen LogP contribution in [0, 0.1) is 11.8 Å². The van der Waals surface area contributed by atoms with E-state index >= 15 is 0 Å². The molecule has 4 rings (SSSR count). The van der Waals surface area contributed by atoms with Gasteiger partial charge in [-0.15, -0.1) is 0 Å². The average Bonchev–Trinajstić information content (AvgIpc) is 3.16. The number of H-pyrrole nitrogens is 1. The molecule has 6 heteroatoms. The number of rotatable bonds is 4. The first-order valence-electron chi connectivity index (χ1n) is 9.89. The first-order valence-corrected chi connectivity index (χ1v) is 9.89. The predicted molar refractivity (Wildman–Crippen MR) is 102 cm³/mol. The number of nitrogens with one attached hydrogen (secondary N) is 4. The Bertz CT molecular complexity index is 737. The minimum Gasteiger partial charge on any atom is -0.344 e. The molecule has 26 heavy (non-hydrogen) atoms. The maximum absolute atomic E-state index is 13.1. The SMILES string of the molecule is CC(C)C(NC(=O)C1NNC2CCCCCC21)c1nc2ccccc2[nH]1. The van der Waals surface area contributed by atoms with Crippen LogP contribution in [-0.2, 0) is 4.79 Å². The van der Waals surface area contributed by atoms with E-state index < -0.39 is 0 Å². The quantitative estimate of drug-likeness (QED) is 0.680. The molecule has 1 amide bonds. The van der Waals surface area contributed by atoms with Gasteiger partial charge in [0.1, 0.15) is 11.9 Å². The Kier molecular flexibility index (Phi) is 4.96. The van der Waals surface area contributed by atoms with Gasteiger partial charge >= 0.3 is 0 Å². The Labute approximate surface area is 154 Å². The van der Waals surface area contributed by atoms with Crippen molar-refractivity contribution in [1.82, 2.24) is 26.1 Å². The summed E-state index contributed by atoms with van der Waals surface area (Å²) in [6, 6.07) is 8.11. The summed E-state index contributed by atoms with van der Waals surface area (Å²) in [6.07, 6.45) is 6.00. The highest BCUT2D eigenvalue weighted by molar-refractivity contribution is 5.83. The summed E-state index contributed by atoms with van der Waals surface area (Å²) in [7, 11) is 0. The molecule has 6 nitrogen and oxygen atoms in total. The maximum Gasteiger partial charge on any atom is 0.239 e. The fraction of sp³-hybridized carbons (Fsp3) is 0.600. The number of fused-ring (bicyclic) bond motifs is 2. The van der Waals surface area contributed by atoms with Crippen molar-refractivity contribution in [3.63, 3.8) is 0 Å². The van der Waals surface area contributed by atoms with Crippen LogP contribution in [0.25, 0.3) is 11.0 Å². The number of benzene rings is 1. The minimum absolute atomic E-state index is 0.0751. The van der Waals surface area contributed by atoms with Gasteiger partial charge in [-0.3, -0.25) is 10.2 Å². The first-order chi connectivity index (χ1) is 12.6. The van der Waals surface area contributed by atoms with Gasteiger partial charge in [-0.2, -0.15) is 0 Å². The molecule has 1 aliphatic heterocycles. The lowest BCUT2D eigenvalue weighted by atomic mass is 9.89. The molecule has 4 unspecified atom stereocenters. The van der Waals surface area contributed by atoms with Crippen LogP contribution in [0.1, 0.15) is 57.8 Å². The molecule has 140 valence electrons. The van der Waals surface area contributed by atoms with Crippen molar-refractivity contribution in [3.8, 4) is 0 Å². The second kappa shape index (κ2) is 7.37. The highest BCUT2D eigenvalue weighted by atomic mass is 16.2. The molecule has 2 heterocycles. The van der Waals surface area contributed by atoms with Crippen LogP contribution < -0.4 is 16.2 Å². The molecule has 2 aromatic rings. The number of aromatic nitrogens is 2. The van der Waals surface area contributed by atoms with E-state index in [9.17, 15) is 4.79 Å². The van der Waals surface area contributed by atoms with Crippen molar-refractivity contribution in [1.29, 1.82) is 0 Å². The molecule has 0 spiro atoms. The van der Waals surface area contributed by atoms with Crippen molar-refractivity contribution in [2.24, 2.45) is 11.8 Å². The van der Waals surface area contributed by atoms with Gasteiger partial charge in [0.05, 0.1) is 17.1 Å². The van der Waals surface area contributed by atoms with Gasteiger partial charge in [0.15, 0.2) is 0 Å². The number of amides is 1. The molecule has 1 aliphatic carbocycles. The van der Waals surface area contributed by atoms with Crippen molar-refractivity contribution in [2.75, 3.05) is 0 Å². The molecule has 1 aromatic carbocycles. The summed E-state index contributed by atoms with van der Waals surface area (Å²) in [6.45, 7) is 4.24. The van der Waals surface area contributed by atoms with Crippen LogP contribution in [0.4, 0.5) is 0 Å². The fourth-order valence-corrected chi connectivity index (χ4v) is 4.39. The van der Waals surface area contributed by atoms with Crippen LogP contribution in [0.5, 0.6) is 0 Å². The first kappa shape index (κ1) is 17.5. The lowest BCUT2D eigenvalue weighted by Gasteiger charge is -2.25. The second-order valence-electron chi connectivity index (χ2n) is 8.04. The summed E-state index contributed by atoms with van der Waals surface area (Å²) in [5.41, 5.74) is 8.56. The van der Waals surface area contributed by atoms with Crippen LogP contribution in [-0.4, -0.2) is 28.0 Å². The highest BCUT2D eigenvalue weighted by Crippen LogP contribution is 2.30. The molecule has 1 saturated carbocycles. The molecule has 1 aromatic heterocycles. The molecule has 2 aliphatic rings. The van der Waals surface area contributed by atoms with E-state index in [0.717, 1.165) is 29.7 Å². The maximum atomic E-state index is 13.1. The predicted octanol–water partition coefficient (Wildman–Crippen LogP) is 2.80. The lowest BCUT2D eigenvalue weighted by molar-refractivity contribution is -0.125. The zero-order valence-corrected chi connectivity index (χ0v) is 15.6. The van der Waals surface area contributed by atoms with E-state index in [0.29, 0.717) is 12.0 Å². The zero-order valence-electron chi connectivity index (χ0n) is 15.6. The van der Waals surface area contributed by atoms with Gasteiger partial charge in [0.2, 0.25) is 5.91 Å². The van der Waals surface area contributed by atoms with Crippen LogP contribution >= 0.6 is 0 Å². The number of hydrogen-bond donors (Lipinski definition) is 4. The number of carbonyl (C=O) groups is 1. The topological polar surface area (TPSA) is 81.8 Å². The van der Waals surface area contributed by atoms with E-state index in [1.807, 2.05) is 24.3 Å². The van der Waals surface area contributed by atoms with E-state index in [-0.39, 0.29) is 23.9 Å². The van der Waals surface area contributed by atoms with Gasteiger partial charge in [-0.25, -0.2) is 10.4 Å². The monoisotopic (exact) mass is 355 g/mol. The van der Waals surface area contributed by atoms with E-state index in [1.165, 1.54) is 19.3 Å². The van der Waals surface area contributed by atoms with Gasteiger partial charge < -0.3 is 10.3 Å². The summed E-state index contributed by atoms with van der Waals surface area (Å²) in [5, 5.41) is 3.25. The third-order valence-corrected chi connectivity index (χ3v) is 5.87. The van der Waals surface area contributed by atoms with Gasteiger partial charge in [-0.1, -0.05) is 45.2 Å². The number of nitrogens with zero attached hydrogens (tertiary/aromatic N) is 1. The minimum atomic E-state index is -0.163. The summed E-state index contributed by atoms with van der Waals surface area (Å²) >= 11 is 0. The molecular formula is C20H29N5O. The average molecular weight is 355 g/mol. The van der Waals surface area contributed by atoms with Gasteiger partial charge in [0, 0.05) is 12.0 Å². The Morgan fingerprint density at radius 3 is 2.77 bits per heavy atom. The standard InChI is InChI=1S/C20H29N5O/c1-12(2)17(19-21-15-10-6-7-11-16(15)22-19)23-20(26)18-13-8-4-3-5-9-14(13)24-25-18/h6-7,10-14,17-18,24-25H,3-5,8-9H2,1-2H3,(H,21,22)(H,23,26). The highest BCUT2D eigenvalue weighted by Gasteiger charge is 2.41. The lowest BCUT2D eigenvalue weighted by Crippen LogP contribution is -2.47. The summed E-state index contributed by atoms with van der Waals surface area (Å²) in [5.74, 6) is 1.53. The van der Waals surface area contributed by atoms with Crippen LogP contribution in [0.2, 0.25) is 0 Å². The third-order valence-electron chi connectivity index (χ3n) is 5.87. The summed E-state index contributed by atoms with van der Waals surface area (Å²) in [4.78, 5) is 21.1. The number of hydrazine groups is 1. The number of aromatic amines is 1. The number of hydrogen-bond acceptors (Lipinski definition) is 4. The largest absolute Gasteiger partial charge is 0.344 e. The molecule has 2 fully saturated rings. The Morgan fingerprint density at radius 1 is 1.15 bits per heavy atom. The zero-order chi connectivity index (χ0) is 18.1.